The number of hydrogen-bond donors (Lipinski definition) is 1. The molecule has 0 fully saturated rings. The molecular weight excluding hydrogens is 212 g/mol. The highest BCUT2D eigenvalue weighted by atomic mass is 35.5. The number of ether oxygens (including phenoxy) is 1. The topological polar surface area (TPSA) is 29.5 Å². The molecule has 1 aromatic rings. The van der Waals surface area contributed by atoms with E-state index in [4.69, 9.17) is 21.4 Å². The fourth-order valence-electron chi connectivity index (χ4n) is 1.60. The van der Waals surface area contributed by atoms with Crippen molar-refractivity contribution in [3.05, 3.63) is 28.3 Å². The Bertz CT molecular complexity index is 324. The minimum absolute atomic E-state index is 0.192. The quantitative estimate of drug-likeness (QED) is 0.840. The normalized spacial score (nSPS) is 10.4. The lowest BCUT2D eigenvalue weighted by Crippen LogP contribution is -1.97. The first-order valence-corrected chi connectivity index (χ1v) is 5.56. The van der Waals surface area contributed by atoms with Gasteiger partial charge < -0.3 is 9.84 Å². The zero-order valence-electron chi connectivity index (χ0n) is 9.22. The smallest absolute Gasteiger partial charge is 0.140 e. The molecule has 84 valence electrons. The van der Waals surface area contributed by atoms with Gasteiger partial charge in [0, 0.05) is 6.61 Å². The second-order valence-electron chi connectivity index (χ2n) is 3.45. The number of aryl methyl sites for hydroxylation is 2. The van der Waals surface area contributed by atoms with Gasteiger partial charge in [0.05, 0.1) is 12.1 Å². The molecule has 1 N–H and O–H groups in total. The summed E-state index contributed by atoms with van der Waals surface area (Å²) in [4.78, 5) is 0. The third-order valence-corrected chi connectivity index (χ3v) is 2.68. The van der Waals surface area contributed by atoms with Crippen LogP contribution in [0.4, 0.5) is 0 Å². The van der Waals surface area contributed by atoms with Crippen LogP contribution in [0, 0.1) is 0 Å². The minimum atomic E-state index is 0.192. The van der Waals surface area contributed by atoms with Gasteiger partial charge in [-0.2, -0.15) is 0 Å². The monoisotopic (exact) mass is 228 g/mol. The number of hydrogen-bond acceptors (Lipinski definition) is 2. The van der Waals surface area contributed by atoms with E-state index in [0.29, 0.717) is 5.02 Å². The van der Waals surface area contributed by atoms with Crippen LogP contribution < -0.4 is 4.74 Å². The Morgan fingerprint density at radius 3 is 2.67 bits per heavy atom. The van der Waals surface area contributed by atoms with Crippen molar-refractivity contribution in [2.24, 2.45) is 0 Å². The third kappa shape index (κ3) is 3.11. The average Bonchev–Trinajstić information content (AvgIpc) is 2.25. The minimum Gasteiger partial charge on any atom is -0.495 e. The number of methoxy groups -OCH3 is 1. The molecule has 0 radical (unpaired) electrons. The van der Waals surface area contributed by atoms with Crippen molar-refractivity contribution in [3.8, 4) is 5.75 Å². The number of benzene rings is 1. The third-order valence-electron chi connectivity index (χ3n) is 2.40. The summed E-state index contributed by atoms with van der Waals surface area (Å²) in [5.74, 6) is 0.738. The predicted octanol–water partition coefficient (Wildman–Crippen LogP) is 2.84. The first-order valence-electron chi connectivity index (χ1n) is 5.19. The van der Waals surface area contributed by atoms with Gasteiger partial charge in [-0.25, -0.2) is 0 Å². The highest BCUT2D eigenvalue weighted by molar-refractivity contribution is 6.32. The van der Waals surface area contributed by atoms with Gasteiger partial charge >= 0.3 is 0 Å². The number of aliphatic hydroxyl groups excluding tert-OH is 1. The summed E-state index contributed by atoms with van der Waals surface area (Å²) in [5.41, 5.74) is 2.28. The summed E-state index contributed by atoms with van der Waals surface area (Å²) in [7, 11) is 1.62. The molecule has 0 aliphatic rings. The van der Waals surface area contributed by atoms with Crippen LogP contribution in [0.2, 0.25) is 5.02 Å². The van der Waals surface area contributed by atoms with Crippen LogP contribution in [0.5, 0.6) is 5.75 Å². The van der Waals surface area contributed by atoms with E-state index in [1.54, 1.807) is 7.11 Å². The molecule has 3 heteroatoms. The van der Waals surface area contributed by atoms with Crippen molar-refractivity contribution in [2.45, 2.75) is 26.2 Å². The molecule has 0 spiro atoms. The molecule has 0 heterocycles. The van der Waals surface area contributed by atoms with Crippen molar-refractivity contribution < 1.29 is 9.84 Å². The Morgan fingerprint density at radius 2 is 2.13 bits per heavy atom. The summed E-state index contributed by atoms with van der Waals surface area (Å²) >= 11 is 6.10. The van der Waals surface area contributed by atoms with Crippen LogP contribution in [-0.2, 0) is 12.8 Å². The second kappa shape index (κ2) is 5.99. The van der Waals surface area contributed by atoms with Crippen molar-refractivity contribution in [1.82, 2.24) is 0 Å². The zero-order valence-corrected chi connectivity index (χ0v) is 9.97. The standard InChI is InChI=1S/C12H17ClO2/c1-3-9-7-10(5-4-6-14)12(15-2)11(13)8-9/h7-8,14H,3-6H2,1-2H3. The van der Waals surface area contributed by atoms with Crippen molar-refractivity contribution in [3.63, 3.8) is 0 Å². The van der Waals surface area contributed by atoms with E-state index in [9.17, 15) is 0 Å². The first kappa shape index (κ1) is 12.3. The van der Waals surface area contributed by atoms with E-state index in [-0.39, 0.29) is 6.61 Å². The molecule has 0 unspecified atom stereocenters. The summed E-state index contributed by atoms with van der Waals surface area (Å²) in [5, 5.41) is 9.47. The maximum Gasteiger partial charge on any atom is 0.140 e. The number of halogens is 1. The molecule has 2 nitrogen and oxygen atoms in total. The van der Waals surface area contributed by atoms with Crippen LogP contribution >= 0.6 is 11.6 Å². The summed E-state index contributed by atoms with van der Waals surface area (Å²) in [6.07, 6.45) is 2.49. The maximum absolute atomic E-state index is 8.81. The molecule has 0 aromatic heterocycles. The summed E-state index contributed by atoms with van der Waals surface area (Å²) in [6.45, 7) is 2.28. The van der Waals surface area contributed by atoms with Gasteiger partial charge in [-0.1, -0.05) is 24.6 Å². The van der Waals surface area contributed by atoms with Gasteiger partial charge in [0.25, 0.3) is 0 Å². The SMILES string of the molecule is CCc1cc(Cl)c(OC)c(CCCO)c1. The number of rotatable bonds is 5. The highest BCUT2D eigenvalue weighted by Crippen LogP contribution is 2.31. The van der Waals surface area contributed by atoms with Crippen LogP contribution in [0.3, 0.4) is 0 Å². The molecular formula is C12H17ClO2. The molecule has 1 rings (SSSR count). The lowest BCUT2D eigenvalue weighted by atomic mass is 10.0. The Balaban J connectivity index is 3.02. The molecule has 0 atom stereocenters. The van der Waals surface area contributed by atoms with Crippen molar-refractivity contribution in [2.75, 3.05) is 13.7 Å². The molecule has 15 heavy (non-hydrogen) atoms. The Hall–Kier alpha value is -0.730. The molecule has 1 aromatic carbocycles. The molecule has 0 bridgehead atoms. The lowest BCUT2D eigenvalue weighted by Gasteiger charge is -2.11. The van der Waals surface area contributed by atoms with Crippen LogP contribution in [0.25, 0.3) is 0 Å². The Kier molecular flexibility index (Phi) is 4.92. The van der Waals surface area contributed by atoms with Gasteiger partial charge in [-0.05, 0) is 36.5 Å². The van der Waals surface area contributed by atoms with Gasteiger partial charge in [0.15, 0.2) is 0 Å². The van der Waals surface area contributed by atoms with E-state index in [1.807, 2.05) is 6.07 Å². The van der Waals surface area contributed by atoms with Gasteiger partial charge in [-0.15, -0.1) is 0 Å². The van der Waals surface area contributed by atoms with E-state index < -0.39 is 0 Å². The first-order chi connectivity index (χ1) is 7.22. The molecule has 0 saturated carbocycles. The van der Waals surface area contributed by atoms with Gasteiger partial charge in [-0.3, -0.25) is 0 Å². The van der Waals surface area contributed by atoms with Gasteiger partial charge in [0.2, 0.25) is 0 Å². The van der Waals surface area contributed by atoms with E-state index in [0.717, 1.165) is 30.6 Å². The van der Waals surface area contributed by atoms with Crippen molar-refractivity contribution >= 4 is 11.6 Å². The second-order valence-corrected chi connectivity index (χ2v) is 3.86. The number of aliphatic hydroxyl groups is 1. The summed E-state index contributed by atoms with van der Waals surface area (Å²) in [6, 6.07) is 4.03. The van der Waals surface area contributed by atoms with Crippen LogP contribution in [0.15, 0.2) is 12.1 Å². The molecule has 0 saturated heterocycles. The van der Waals surface area contributed by atoms with E-state index in [1.165, 1.54) is 5.56 Å². The Morgan fingerprint density at radius 1 is 1.40 bits per heavy atom. The average molecular weight is 229 g/mol. The summed E-state index contributed by atoms with van der Waals surface area (Å²) < 4.78 is 5.26. The van der Waals surface area contributed by atoms with E-state index >= 15 is 0 Å². The van der Waals surface area contributed by atoms with E-state index in [2.05, 4.69) is 13.0 Å². The lowest BCUT2D eigenvalue weighted by molar-refractivity contribution is 0.287. The zero-order chi connectivity index (χ0) is 11.3. The Labute approximate surface area is 95.8 Å². The van der Waals surface area contributed by atoms with Crippen LogP contribution in [-0.4, -0.2) is 18.8 Å². The van der Waals surface area contributed by atoms with Crippen molar-refractivity contribution in [1.29, 1.82) is 0 Å². The largest absolute Gasteiger partial charge is 0.495 e. The molecule has 0 aliphatic carbocycles. The van der Waals surface area contributed by atoms with Crippen LogP contribution in [0.1, 0.15) is 24.5 Å². The molecule has 0 amide bonds. The highest BCUT2D eigenvalue weighted by Gasteiger charge is 2.09. The predicted molar refractivity (Wildman–Crippen MR) is 62.8 cm³/mol. The fourth-order valence-corrected chi connectivity index (χ4v) is 1.94. The fraction of sp³-hybridized carbons (Fsp3) is 0.500. The maximum atomic E-state index is 8.81. The van der Waals surface area contributed by atoms with Gasteiger partial charge in [0.1, 0.15) is 5.75 Å². The molecule has 0 aliphatic heterocycles.